The number of hydrogen-bond acceptors (Lipinski definition) is 2. The topological polar surface area (TPSA) is 70.7 Å². The van der Waals surface area contributed by atoms with Crippen LogP contribution in [0.5, 0.6) is 0 Å². The summed E-state index contributed by atoms with van der Waals surface area (Å²) in [7, 11) is 0. The van der Waals surface area contributed by atoms with Crippen LogP contribution in [0.3, 0.4) is 0 Å². The maximum absolute atomic E-state index is 11.7. The van der Waals surface area contributed by atoms with E-state index in [1.54, 1.807) is 0 Å². The van der Waals surface area contributed by atoms with E-state index in [1.165, 1.54) is 5.56 Å². The number of rotatable bonds is 5. The molecule has 1 aliphatic rings. The molecule has 0 spiro atoms. The van der Waals surface area contributed by atoms with E-state index < -0.39 is 0 Å². The van der Waals surface area contributed by atoms with E-state index in [0.717, 1.165) is 29.8 Å². The molecule has 0 saturated carbocycles. The summed E-state index contributed by atoms with van der Waals surface area (Å²) in [5, 5.41) is 3.09. The normalized spacial score (nSPS) is 14.8. The van der Waals surface area contributed by atoms with Crippen LogP contribution in [-0.2, 0) is 17.9 Å². The molecule has 0 aromatic heterocycles. The molecule has 1 amide bonds. The Balaban J connectivity index is 1.53. The molecule has 1 fully saturated rings. The van der Waals surface area contributed by atoms with E-state index in [1.807, 2.05) is 48.2 Å². The zero-order valence-electron chi connectivity index (χ0n) is 14.5. The Labute approximate surface area is 148 Å². The van der Waals surface area contributed by atoms with Crippen LogP contribution in [0.4, 0.5) is 5.69 Å². The van der Waals surface area contributed by atoms with Crippen LogP contribution in [-0.4, -0.2) is 23.3 Å². The van der Waals surface area contributed by atoms with Gasteiger partial charge in [0.05, 0.1) is 6.54 Å². The number of amides is 1. The number of guanidine groups is 1. The molecule has 1 heterocycles. The number of hydrogen-bond donors (Lipinski definition) is 2. The third-order valence-electron chi connectivity index (χ3n) is 4.32. The van der Waals surface area contributed by atoms with Crippen molar-refractivity contribution in [3.05, 3.63) is 65.2 Å². The minimum atomic E-state index is 0.253. The highest BCUT2D eigenvalue weighted by Gasteiger charge is 2.19. The lowest BCUT2D eigenvalue weighted by atomic mass is 10.1. The van der Waals surface area contributed by atoms with E-state index in [4.69, 9.17) is 5.73 Å². The van der Waals surface area contributed by atoms with Gasteiger partial charge in [-0.15, -0.1) is 0 Å². The Hall–Kier alpha value is -2.82. The molecule has 130 valence electrons. The number of aryl methyl sites for hydroxylation is 1. The second kappa shape index (κ2) is 7.83. The van der Waals surface area contributed by atoms with Crippen molar-refractivity contribution in [2.75, 3.05) is 11.9 Å². The van der Waals surface area contributed by atoms with Crippen molar-refractivity contribution in [3.8, 4) is 0 Å². The lowest BCUT2D eigenvalue weighted by Gasteiger charge is -2.15. The van der Waals surface area contributed by atoms with E-state index in [9.17, 15) is 4.79 Å². The van der Waals surface area contributed by atoms with Crippen molar-refractivity contribution in [1.29, 1.82) is 0 Å². The van der Waals surface area contributed by atoms with E-state index >= 15 is 0 Å². The van der Waals surface area contributed by atoms with Crippen LogP contribution in [0.15, 0.2) is 53.5 Å². The minimum absolute atomic E-state index is 0.253. The van der Waals surface area contributed by atoms with E-state index in [0.29, 0.717) is 25.5 Å². The lowest BCUT2D eigenvalue weighted by Crippen LogP contribution is -2.23. The van der Waals surface area contributed by atoms with Gasteiger partial charge in [-0.1, -0.05) is 42.0 Å². The second-order valence-electron chi connectivity index (χ2n) is 6.43. The summed E-state index contributed by atoms with van der Waals surface area (Å²) in [5.74, 6) is 0.652. The van der Waals surface area contributed by atoms with Crippen LogP contribution < -0.4 is 11.1 Å². The first kappa shape index (κ1) is 17.0. The summed E-state index contributed by atoms with van der Waals surface area (Å²) in [6.45, 7) is 4.13. The van der Waals surface area contributed by atoms with Crippen molar-refractivity contribution in [3.63, 3.8) is 0 Å². The Morgan fingerprint density at radius 2 is 1.80 bits per heavy atom. The fraction of sp³-hybridized carbons (Fsp3) is 0.300. The summed E-state index contributed by atoms with van der Waals surface area (Å²) in [4.78, 5) is 18.0. The Morgan fingerprint density at radius 3 is 2.44 bits per heavy atom. The maximum atomic E-state index is 11.7. The zero-order valence-corrected chi connectivity index (χ0v) is 14.5. The van der Waals surface area contributed by atoms with Gasteiger partial charge < -0.3 is 16.0 Å². The van der Waals surface area contributed by atoms with Gasteiger partial charge in [-0.05, 0) is 36.6 Å². The molecular formula is C20H24N4O. The number of likely N-dealkylation sites (tertiary alicyclic amines) is 1. The number of aliphatic imine (C=N–C) groups is 1. The third-order valence-corrected chi connectivity index (χ3v) is 4.32. The summed E-state index contributed by atoms with van der Waals surface area (Å²) < 4.78 is 0. The molecular weight excluding hydrogens is 312 g/mol. The Bertz CT molecular complexity index is 750. The molecule has 0 bridgehead atoms. The molecule has 1 aliphatic heterocycles. The predicted molar refractivity (Wildman–Crippen MR) is 101 cm³/mol. The molecule has 0 unspecified atom stereocenters. The number of benzene rings is 2. The van der Waals surface area contributed by atoms with E-state index in [-0.39, 0.29) is 5.91 Å². The smallest absolute Gasteiger partial charge is 0.222 e. The van der Waals surface area contributed by atoms with Gasteiger partial charge in [0.25, 0.3) is 0 Å². The molecule has 0 atom stereocenters. The molecule has 25 heavy (non-hydrogen) atoms. The van der Waals surface area contributed by atoms with Crippen molar-refractivity contribution < 1.29 is 4.79 Å². The average Bonchev–Trinajstić information content (AvgIpc) is 3.01. The summed E-state index contributed by atoms with van der Waals surface area (Å²) >= 11 is 0. The van der Waals surface area contributed by atoms with Crippen LogP contribution in [0.2, 0.25) is 0 Å². The third kappa shape index (κ3) is 4.83. The van der Waals surface area contributed by atoms with Gasteiger partial charge in [-0.3, -0.25) is 4.79 Å². The van der Waals surface area contributed by atoms with Gasteiger partial charge in [-0.2, -0.15) is 0 Å². The first-order chi connectivity index (χ1) is 12.1. The number of nitrogens with two attached hydrogens (primary N) is 1. The highest BCUT2D eigenvalue weighted by Crippen LogP contribution is 2.15. The number of nitrogens with zero attached hydrogens (tertiary/aromatic N) is 2. The SMILES string of the molecule is Cc1ccc(NC(N)=NCc2ccc(CN3CCCC3=O)cc2)cc1. The molecule has 5 heteroatoms. The monoisotopic (exact) mass is 336 g/mol. The van der Waals surface area contributed by atoms with Gasteiger partial charge >= 0.3 is 0 Å². The summed E-state index contributed by atoms with van der Waals surface area (Å²) in [6.07, 6.45) is 1.65. The highest BCUT2D eigenvalue weighted by molar-refractivity contribution is 5.92. The van der Waals surface area contributed by atoms with Gasteiger partial charge in [0.15, 0.2) is 5.96 Å². The van der Waals surface area contributed by atoms with Crippen molar-refractivity contribution in [1.82, 2.24) is 4.90 Å². The highest BCUT2D eigenvalue weighted by atomic mass is 16.2. The number of carbonyl (C=O) groups is 1. The first-order valence-corrected chi connectivity index (χ1v) is 8.59. The first-order valence-electron chi connectivity index (χ1n) is 8.59. The van der Waals surface area contributed by atoms with Crippen LogP contribution in [0.1, 0.15) is 29.5 Å². The van der Waals surface area contributed by atoms with Crippen molar-refractivity contribution >= 4 is 17.6 Å². The number of anilines is 1. The molecule has 3 N–H and O–H groups in total. The summed E-state index contributed by atoms with van der Waals surface area (Å²) in [5.41, 5.74) is 10.3. The fourth-order valence-electron chi connectivity index (χ4n) is 2.84. The quantitative estimate of drug-likeness (QED) is 0.651. The van der Waals surface area contributed by atoms with Crippen LogP contribution in [0.25, 0.3) is 0 Å². The fourth-order valence-corrected chi connectivity index (χ4v) is 2.84. The van der Waals surface area contributed by atoms with Gasteiger partial charge in [-0.25, -0.2) is 4.99 Å². The Morgan fingerprint density at radius 1 is 1.12 bits per heavy atom. The molecule has 0 aliphatic carbocycles. The zero-order chi connectivity index (χ0) is 17.6. The number of carbonyl (C=O) groups excluding carboxylic acids is 1. The van der Waals surface area contributed by atoms with Crippen LogP contribution in [0, 0.1) is 6.92 Å². The largest absolute Gasteiger partial charge is 0.370 e. The predicted octanol–water partition coefficient (Wildman–Crippen LogP) is 3.04. The lowest BCUT2D eigenvalue weighted by molar-refractivity contribution is -0.128. The second-order valence-corrected chi connectivity index (χ2v) is 6.43. The van der Waals surface area contributed by atoms with Gasteiger partial charge in [0.2, 0.25) is 5.91 Å². The maximum Gasteiger partial charge on any atom is 0.222 e. The van der Waals surface area contributed by atoms with Gasteiger partial charge in [0, 0.05) is 25.2 Å². The van der Waals surface area contributed by atoms with Crippen molar-refractivity contribution in [2.45, 2.75) is 32.9 Å². The number of nitrogens with one attached hydrogen (secondary N) is 1. The Kier molecular flexibility index (Phi) is 5.33. The molecule has 2 aromatic rings. The van der Waals surface area contributed by atoms with Gasteiger partial charge in [0.1, 0.15) is 0 Å². The molecule has 1 saturated heterocycles. The molecule has 2 aromatic carbocycles. The molecule has 3 rings (SSSR count). The van der Waals surface area contributed by atoms with Crippen LogP contribution >= 0.6 is 0 Å². The minimum Gasteiger partial charge on any atom is -0.370 e. The average molecular weight is 336 g/mol. The molecule has 0 radical (unpaired) electrons. The van der Waals surface area contributed by atoms with E-state index in [2.05, 4.69) is 22.4 Å². The standard InChI is InChI=1S/C20H24N4O/c1-15-4-10-18(11-5-15)23-20(21)22-13-16-6-8-17(9-7-16)14-24-12-2-3-19(24)25/h4-11H,2-3,12-14H2,1H3,(H3,21,22,23). The molecule has 5 nitrogen and oxygen atoms in total. The van der Waals surface area contributed by atoms with Crippen molar-refractivity contribution in [2.24, 2.45) is 10.7 Å². The summed E-state index contributed by atoms with van der Waals surface area (Å²) in [6, 6.07) is 16.2.